The molecule has 0 saturated carbocycles. The first-order valence-electron chi connectivity index (χ1n) is 9.57. The number of benzene rings is 3. The molecule has 36 heavy (non-hydrogen) atoms. The maximum Gasteiger partial charge on any atom is 0.534 e. The zero-order valence-corrected chi connectivity index (χ0v) is 18.3. The first-order valence-corrected chi connectivity index (χ1v) is 11.0. The third-order valence-electron chi connectivity index (χ3n) is 4.69. The van der Waals surface area contributed by atoms with Gasteiger partial charge >= 0.3 is 33.4 Å². The second-order valence-corrected chi connectivity index (χ2v) is 8.71. The summed E-state index contributed by atoms with van der Waals surface area (Å²) in [6.45, 7) is 0. The number of para-hydroxylation sites is 1. The van der Waals surface area contributed by atoms with Gasteiger partial charge in [0.1, 0.15) is 17.2 Å². The molecular weight excluding hydrogens is 531 g/mol. The van der Waals surface area contributed by atoms with Gasteiger partial charge in [0.05, 0.1) is 0 Å². The second-order valence-electron chi connectivity index (χ2n) is 7.17. The molecule has 0 N–H and O–H groups in total. The predicted octanol–water partition coefficient (Wildman–Crippen LogP) is 7.23. The lowest BCUT2D eigenvalue weighted by Gasteiger charge is -2.33. The van der Waals surface area contributed by atoms with Crippen LogP contribution >= 0.6 is 0 Å². The number of rotatable bonds is 8. The van der Waals surface area contributed by atoms with Crippen molar-refractivity contribution < 1.29 is 56.9 Å². The lowest BCUT2D eigenvalue weighted by molar-refractivity contribution is -0.321. The van der Waals surface area contributed by atoms with Crippen molar-refractivity contribution in [1.82, 2.24) is 0 Å². The van der Waals surface area contributed by atoms with E-state index in [1.54, 1.807) is 18.2 Å². The molecular formula is C22H13F9O4S. The van der Waals surface area contributed by atoms with E-state index in [1.165, 1.54) is 12.1 Å². The maximum atomic E-state index is 14.6. The fourth-order valence-corrected chi connectivity index (χ4v) is 3.27. The Bertz CT molecular complexity index is 1290. The van der Waals surface area contributed by atoms with Crippen molar-refractivity contribution in [2.45, 2.75) is 23.3 Å². The van der Waals surface area contributed by atoms with Crippen LogP contribution in [0.25, 0.3) is 0 Å². The minimum atomic E-state index is -6.18. The van der Waals surface area contributed by atoms with Crippen LogP contribution in [-0.2, 0) is 22.0 Å². The molecule has 3 aromatic carbocycles. The molecule has 0 aliphatic carbocycles. The first kappa shape index (κ1) is 27.2. The van der Waals surface area contributed by atoms with E-state index >= 15 is 0 Å². The average Bonchev–Trinajstić information content (AvgIpc) is 2.79. The largest absolute Gasteiger partial charge is 0.534 e. The topological polar surface area (TPSA) is 52.6 Å². The van der Waals surface area contributed by atoms with Gasteiger partial charge in [-0.2, -0.15) is 47.9 Å². The summed E-state index contributed by atoms with van der Waals surface area (Å²) in [6, 6.07) is 11.1. The molecule has 0 spiro atoms. The van der Waals surface area contributed by atoms with Crippen molar-refractivity contribution in [3.05, 3.63) is 90.0 Å². The van der Waals surface area contributed by atoms with E-state index in [2.05, 4.69) is 4.18 Å². The zero-order chi connectivity index (χ0) is 27.0. The highest BCUT2D eigenvalue weighted by molar-refractivity contribution is 7.88. The molecule has 0 unspecified atom stereocenters. The van der Waals surface area contributed by atoms with E-state index in [1.807, 2.05) is 0 Å². The van der Waals surface area contributed by atoms with Crippen molar-refractivity contribution in [3.8, 4) is 17.2 Å². The van der Waals surface area contributed by atoms with E-state index in [0.29, 0.717) is 17.9 Å². The summed E-state index contributed by atoms with van der Waals surface area (Å²) in [5.41, 5.74) is -9.05. The van der Waals surface area contributed by atoms with Crippen LogP contribution in [0.3, 0.4) is 0 Å². The molecule has 0 atom stereocenters. The number of hydrogen-bond donors (Lipinski definition) is 0. The molecule has 194 valence electrons. The molecule has 0 bridgehead atoms. The molecule has 14 heteroatoms. The summed E-state index contributed by atoms with van der Waals surface area (Å²) in [5.74, 6) is -17.9. The van der Waals surface area contributed by atoms with Crippen LogP contribution in [0, 0.1) is 0 Å². The van der Waals surface area contributed by atoms with Crippen LogP contribution in [0.5, 0.6) is 17.2 Å². The summed E-state index contributed by atoms with van der Waals surface area (Å²) < 4.78 is 155. The molecule has 0 aromatic heterocycles. The molecule has 0 fully saturated rings. The Morgan fingerprint density at radius 3 is 1.33 bits per heavy atom. The van der Waals surface area contributed by atoms with E-state index in [-0.39, 0.29) is 30.0 Å². The lowest BCUT2D eigenvalue weighted by Crippen LogP contribution is -2.50. The van der Waals surface area contributed by atoms with Crippen molar-refractivity contribution >= 4 is 10.1 Å². The van der Waals surface area contributed by atoms with Crippen molar-refractivity contribution in [3.63, 3.8) is 0 Å². The Kier molecular flexibility index (Phi) is 6.96. The van der Waals surface area contributed by atoms with Crippen LogP contribution in [-0.4, -0.2) is 19.8 Å². The number of hydrogen-bond acceptors (Lipinski definition) is 4. The fourth-order valence-electron chi connectivity index (χ4n) is 2.81. The molecule has 0 amide bonds. The first-order chi connectivity index (χ1) is 16.5. The van der Waals surface area contributed by atoms with Crippen molar-refractivity contribution in [2.75, 3.05) is 0 Å². The predicted molar refractivity (Wildman–Crippen MR) is 108 cm³/mol. The van der Waals surface area contributed by atoms with Gasteiger partial charge in [-0.15, -0.1) is 0 Å². The van der Waals surface area contributed by atoms with Crippen LogP contribution in [0.15, 0.2) is 78.9 Å². The van der Waals surface area contributed by atoms with Crippen LogP contribution < -0.4 is 8.92 Å². The number of alkyl halides is 9. The van der Waals surface area contributed by atoms with Crippen LogP contribution in [0.2, 0.25) is 0 Å². The highest BCUT2D eigenvalue weighted by Gasteiger charge is 2.72. The van der Waals surface area contributed by atoms with Gasteiger partial charge in [-0.05, 0) is 60.7 Å². The van der Waals surface area contributed by atoms with Crippen LogP contribution in [0.4, 0.5) is 39.5 Å². The highest BCUT2D eigenvalue weighted by atomic mass is 32.2. The van der Waals surface area contributed by atoms with Gasteiger partial charge in [-0.1, -0.05) is 18.2 Å². The number of ether oxygens (including phenoxy) is 1. The summed E-state index contributed by atoms with van der Waals surface area (Å²) in [7, 11) is -6.18. The summed E-state index contributed by atoms with van der Waals surface area (Å²) in [4.78, 5) is 0. The molecule has 0 radical (unpaired) electrons. The Balaban J connectivity index is 1.84. The monoisotopic (exact) mass is 544 g/mol. The fraction of sp³-hybridized carbons (Fsp3) is 0.182. The Morgan fingerprint density at radius 2 is 0.917 bits per heavy atom. The van der Waals surface area contributed by atoms with Gasteiger partial charge in [-0.25, -0.2) is 0 Å². The molecule has 3 rings (SSSR count). The average molecular weight is 544 g/mol. The quantitative estimate of drug-likeness (QED) is 0.171. The van der Waals surface area contributed by atoms with E-state index in [4.69, 9.17) is 4.74 Å². The minimum absolute atomic E-state index is 0.0415. The molecule has 0 aliphatic rings. The summed E-state index contributed by atoms with van der Waals surface area (Å²) in [5, 5.41) is 0. The maximum absolute atomic E-state index is 14.6. The van der Waals surface area contributed by atoms with Crippen molar-refractivity contribution in [1.29, 1.82) is 0 Å². The van der Waals surface area contributed by atoms with E-state index in [9.17, 15) is 47.9 Å². The molecule has 3 aromatic rings. The van der Waals surface area contributed by atoms with E-state index in [0.717, 1.165) is 12.1 Å². The van der Waals surface area contributed by atoms with E-state index < -0.39 is 50.3 Å². The van der Waals surface area contributed by atoms with Gasteiger partial charge in [0.15, 0.2) is 0 Å². The SMILES string of the molecule is O=S(=O)(Oc1ccc(C(F)(F)C(F)(F)C(F)(F)c2ccc(Oc3ccccc3)cc2)cc1)C(F)(F)F. The van der Waals surface area contributed by atoms with Gasteiger partial charge in [0.25, 0.3) is 0 Å². The van der Waals surface area contributed by atoms with Crippen LogP contribution in [0.1, 0.15) is 11.1 Å². The van der Waals surface area contributed by atoms with Gasteiger partial charge in [-0.3, -0.25) is 0 Å². The normalized spacial score (nSPS) is 13.4. The highest BCUT2D eigenvalue weighted by Crippen LogP contribution is 2.55. The lowest BCUT2D eigenvalue weighted by atomic mass is 9.93. The Hall–Kier alpha value is -3.42. The Morgan fingerprint density at radius 1 is 0.528 bits per heavy atom. The standard InChI is InChI=1S/C22H13F9O4S/c23-19(24,14-6-10-17(11-7-14)34-16-4-2-1-3-5-16)21(27,28)20(25,26)15-8-12-18(13-9-15)35-36(32,33)22(29,30)31/h1-13H. The smallest absolute Gasteiger partial charge is 0.457 e. The summed E-state index contributed by atoms with van der Waals surface area (Å²) >= 11 is 0. The van der Waals surface area contributed by atoms with Crippen molar-refractivity contribution in [2.24, 2.45) is 0 Å². The van der Waals surface area contributed by atoms with Gasteiger partial charge in [0.2, 0.25) is 0 Å². The molecule has 0 saturated heterocycles. The zero-order valence-electron chi connectivity index (χ0n) is 17.4. The third kappa shape index (κ3) is 5.08. The molecule has 0 aliphatic heterocycles. The third-order valence-corrected chi connectivity index (χ3v) is 5.67. The van der Waals surface area contributed by atoms with Gasteiger partial charge in [0, 0.05) is 11.1 Å². The van der Waals surface area contributed by atoms with Gasteiger partial charge < -0.3 is 8.92 Å². The summed E-state index contributed by atoms with van der Waals surface area (Å²) in [6.07, 6.45) is 0. The minimum Gasteiger partial charge on any atom is -0.457 e. The Labute approximate surface area is 198 Å². The number of halogens is 9. The molecule has 4 nitrogen and oxygen atoms in total. The second kappa shape index (κ2) is 9.22. The molecule has 0 heterocycles.